The first kappa shape index (κ1) is 10.1. The second-order valence-corrected chi connectivity index (χ2v) is 2.90. The average Bonchev–Trinajstić information content (AvgIpc) is 2.63. The van der Waals surface area contributed by atoms with Gasteiger partial charge in [-0.15, -0.1) is 10.2 Å². The molecule has 0 aliphatic heterocycles. The summed E-state index contributed by atoms with van der Waals surface area (Å²) in [6, 6.07) is -0.342. The highest BCUT2D eigenvalue weighted by molar-refractivity contribution is 4.90. The molecule has 1 aromatic heterocycles. The maximum Gasteiger partial charge on any atom is 0.246 e. The molecule has 0 aromatic carbocycles. The molecule has 0 aliphatic rings. The van der Waals surface area contributed by atoms with E-state index < -0.39 is 6.10 Å². The Morgan fingerprint density at radius 1 is 1.46 bits per heavy atom. The lowest BCUT2D eigenvalue weighted by Gasteiger charge is -2.12. The van der Waals surface area contributed by atoms with Gasteiger partial charge in [0, 0.05) is 12.5 Å². The summed E-state index contributed by atoms with van der Waals surface area (Å²) in [4.78, 5) is 0. The van der Waals surface area contributed by atoms with Crippen molar-refractivity contribution >= 4 is 0 Å². The van der Waals surface area contributed by atoms with Gasteiger partial charge in [0.25, 0.3) is 0 Å². The zero-order chi connectivity index (χ0) is 9.84. The van der Waals surface area contributed by atoms with Crippen LogP contribution in [0.3, 0.4) is 0 Å². The number of nitrogens with two attached hydrogens (primary N) is 1. The van der Waals surface area contributed by atoms with E-state index >= 15 is 0 Å². The average molecular weight is 185 g/mol. The van der Waals surface area contributed by atoms with Crippen molar-refractivity contribution in [1.29, 1.82) is 0 Å². The fourth-order valence-corrected chi connectivity index (χ4v) is 0.935. The summed E-state index contributed by atoms with van der Waals surface area (Å²) < 4.78 is 5.17. The summed E-state index contributed by atoms with van der Waals surface area (Å²) in [5.41, 5.74) is 5.62. The predicted octanol–water partition coefficient (Wildman–Crippen LogP) is 0.403. The quantitative estimate of drug-likeness (QED) is 0.709. The lowest BCUT2D eigenvalue weighted by molar-refractivity contribution is 0.112. The third-order valence-electron chi connectivity index (χ3n) is 1.91. The molecule has 0 radical (unpaired) electrons. The molecule has 0 aliphatic carbocycles. The third kappa shape index (κ3) is 2.26. The van der Waals surface area contributed by atoms with Crippen molar-refractivity contribution in [2.24, 2.45) is 5.73 Å². The molecule has 13 heavy (non-hydrogen) atoms. The normalized spacial score (nSPS) is 15.7. The Morgan fingerprint density at radius 2 is 2.15 bits per heavy atom. The van der Waals surface area contributed by atoms with Gasteiger partial charge in [-0.2, -0.15) is 0 Å². The molecule has 74 valence electrons. The van der Waals surface area contributed by atoms with Crippen LogP contribution in [-0.2, 0) is 6.42 Å². The number of hydrogen-bond acceptors (Lipinski definition) is 5. The number of aliphatic hydroxyl groups is 1. The molecule has 0 saturated carbocycles. The number of aromatic nitrogens is 2. The summed E-state index contributed by atoms with van der Waals surface area (Å²) in [6.07, 6.45) is 0.490. The first-order chi connectivity index (χ1) is 6.19. The van der Waals surface area contributed by atoms with E-state index in [4.69, 9.17) is 10.2 Å². The van der Waals surface area contributed by atoms with Gasteiger partial charge in [-0.05, 0) is 6.42 Å². The van der Waals surface area contributed by atoms with E-state index in [1.54, 1.807) is 0 Å². The van der Waals surface area contributed by atoms with Crippen molar-refractivity contribution in [2.45, 2.75) is 38.8 Å². The van der Waals surface area contributed by atoms with Crippen molar-refractivity contribution < 1.29 is 9.52 Å². The van der Waals surface area contributed by atoms with Crippen molar-refractivity contribution in [3.8, 4) is 0 Å². The minimum Gasteiger partial charge on any atom is -0.422 e. The first-order valence-corrected chi connectivity index (χ1v) is 4.45. The summed E-state index contributed by atoms with van der Waals surface area (Å²) >= 11 is 0. The molecule has 0 amide bonds. The van der Waals surface area contributed by atoms with E-state index in [2.05, 4.69) is 10.2 Å². The maximum absolute atomic E-state index is 9.58. The SMILES string of the molecule is CCc1nnc(C(O)[C@@H](N)CC)o1. The molecule has 1 aromatic rings. The van der Waals surface area contributed by atoms with Gasteiger partial charge >= 0.3 is 0 Å². The molecule has 0 fully saturated rings. The van der Waals surface area contributed by atoms with Crippen LogP contribution in [-0.4, -0.2) is 21.3 Å². The Morgan fingerprint density at radius 3 is 2.62 bits per heavy atom. The molecule has 1 unspecified atom stereocenters. The predicted molar refractivity (Wildman–Crippen MR) is 46.9 cm³/mol. The number of hydrogen-bond donors (Lipinski definition) is 2. The summed E-state index contributed by atoms with van der Waals surface area (Å²) in [5.74, 6) is 0.739. The maximum atomic E-state index is 9.58. The Hall–Kier alpha value is -0.940. The largest absolute Gasteiger partial charge is 0.422 e. The highest BCUT2D eigenvalue weighted by Crippen LogP contribution is 2.15. The second-order valence-electron chi connectivity index (χ2n) is 2.90. The molecular formula is C8H15N3O2. The minimum atomic E-state index is -0.849. The van der Waals surface area contributed by atoms with Crippen LogP contribution < -0.4 is 5.73 Å². The number of nitrogens with zero attached hydrogens (tertiary/aromatic N) is 2. The molecular weight excluding hydrogens is 170 g/mol. The van der Waals surface area contributed by atoms with Crippen molar-refractivity contribution in [1.82, 2.24) is 10.2 Å². The second kappa shape index (κ2) is 4.34. The molecule has 5 nitrogen and oxygen atoms in total. The monoisotopic (exact) mass is 185 g/mol. The molecule has 3 N–H and O–H groups in total. The molecule has 0 bridgehead atoms. The Bertz CT molecular complexity index is 262. The topological polar surface area (TPSA) is 85.2 Å². The molecule has 1 rings (SSSR count). The van der Waals surface area contributed by atoms with Gasteiger partial charge in [-0.25, -0.2) is 0 Å². The van der Waals surface area contributed by atoms with Crippen LogP contribution in [0, 0.1) is 0 Å². The number of aryl methyl sites for hydroxylation is 1. The third-order valence-corrected chi connectivity index (χ3v) is 1.91. The van der Waals surface area contributed by atoms with Gasteiger partial charge in [0.15, 0.2) is 0 Å². The minimum absolute atomic E-state index is 0.214. The standard InChI is InChI=1S/C8H15N3O2/c1-3-5(9)7(12)8-11-10-6(4-2)13-8/h5,7,12H,3-4,9H2,1-2H3/t5-,7?/m0/s1. The number of aliphatic hydroxyl groups excluding tert-OH is 1. The van der Waals surface area contributed by atoms with Gasteiger partial charge in [0.1, 0.15) is 6.10 Å². The van der Waals surface area contributed by atoms with Crippen LogP contribution in [0.5, 0.6) is 0 Å². The highest BCUT2D eigenvalue weighted by atomic mass is 16.4. The van der Waals surface area contributed by atoms with Gasteiger partial charge in [-0.1, -0.05) is 13.8 Å². The van der Waals surface area contributed by atoms with E-state index in [1.807, 2.05) is 13.8 Å². The Labute approximate surface area is 77.0 Å². The molecule has 2 atom stereocenters. The zero-order valence-corrected chi connectivity index (χ0v) is 7.90. The van der Waals surface area contributed by atoms with Gasteiger partial charge < -0.3 is 15.3 Å². The van der Waals surface area contributed by atoms with Gasteiger partial charge in [0.2, 0.25) is 11.8 Å². The van der Waals surface area contributed by atoms with E-state index in [0.29, 0.717) is 18.7 Å². The van der Waals surface area contributed by atoms with Crippen molar-refractivity contribution in [2.75, 3.05) is 0 Å². The van der Waals surface area contributed by atoms with E-state index in [1.165, 1.54) is 0 Å². The van der Waals surface area contributed by atoms with Crippen molar-refractivity contribution in [3.63, 3.8) is 0 Å². The van der Waals surface area contributed by atoms with Gasteiger partial charge in [0.05, 0.1) is 0 Å². The molecule has 0 saturated heterocycles. The van der Waals surface area contributed by atoms with Gasteiger partial charge in [-0.3, -0.25) is 0 Å². The smallest absolute Gasteiger partial charge is 0.246 e. The lowest BCUT2D eigenvalue weighted by atomic mass is 10.1. The van der Waals surface area contributed by atoms with Crippen LogP contribution in [0.25, 0.3) is 0 Å². The van der Waals surface area contributed by atoms with Crippen LogP contribution >= 0.6 is 0 Å². The van der Waals surface area contributed by atoms with Crippen LogP contribution in [0.15, 0.2) is 4.42 Å². The molecule has 1 heterocycles. The van der Waals surface area contributed by atoms with Crippen LogP contribution in [0.2, 0.25) is 0 Å². The van der Waals surface area contributed by atoms with Crippen LogP contribution in [0.4, 0.5) is 0 Å². The fraction of sp³-hybridized carbons (Fsp3) is 0.750. The summed E-state index contributed by atoms with van der Waals surface area (Å²) in [7, 11) is 0. The van der Waals surface area contributed by atoms with Crippen LogP contribution in [0.1, 0.15) is 38.2 Å². The fourth-order valence-electron chi connectivity index (χ4n) is 0.935. The van der Waals surface area contributed by atoms with E-state index in [-0.39, 0.29) is 11.9 Å². The highest BCUT2D eigenvalue weighted by Gasteiger charge is 2.20. The Kier molecular flexibility index (Phi) is 3.39. The number of rotatable bonds is 4. The zero-order valence-electron chi connectivity index (χ0n) is 7.90. The molecule has 0 spiro atoms. The first-order valence-electron chi connectivity index (χ1n) is 4.45. The van der Waals surface area contributed by atoms with Crippen molar-refractivity contribution in [3.05, 3.63) is 11.8 Å². The lowest BCUT2D eigenvalue weighted by Crippen LogP contribution is -2.27. The van der Waals surface area contributed by atoms with E-state index in [0.717, 1.165) is 0 Å². The summed E-state index contributed by atoms with van der Waals surface area (Å²) in [6.45, 7) is 3.80. The molecule has 5 heteroatoms. The van der Waals surface area contributed by atoms with E-state index in [9.17, 15) is 5.11 Å². The summed E-state index contributed by atoms with van der Waals surface area (Å²) in [5, 5.41) is 17.0. The Balaban J connectivity index is 2.70.